The van der Waals surface area contributed by atoms with E-state index in [0.29, 0.717) is 0 Å². The van der Waals surface area contributed by atoms with Crippen molar-refractivity contribution in [3.05, 3.63) is 0 Å². The molecule has 0 spiro atoms. The molecule has 0 aliphatic rings. The largest absolute Gasteiger partial charge is 3.00 e. The van der Waals surface area contributed by atoms with E-state index >= 15 is 0 Å². The zero-order chi connectivity index (χ0) is 4.50. The zero-order valence-corrected chi connectivity index (χ0v) is 9.46. The van der Waals surface area contributed by atoms with E-state index in [-0.39, 0.29) is 68.0 Å². The summed E-state index contributed by atoms with van der Waals surface area (Å²) in [4.78, 5) is 0. The first-order valence-electron chi connectivity index (χ1n) is 0.667. The Morgan fingerprint density at radius 3 is 1.14 bits per heavy atom. The van der Waals surface area contributed by atoms with Crippen LogP contribution >= 0.6 is 0 Å². The fourth-order valence-electron chi connectivity index (χ4n) is 0. The molecule has 0 aromatic rings. The van der Waals surface area contributed by atoms with Gasteiger partial charge in [0.25, 0.3) is 0 Å². The average Bonchev–Trinajstić information content (AvgIpc) is 0.722. The molecule has 0 aromatic heterocycles. The van der Waals surface area contributed by atoms with Crippen LogP contribution in [-0.2, 0) is 36.6 Å². The minimum absolute atomic E-state index is 0. The smallest absolute Gasteiger partial charge is 0.759 e. The van der Waals surface area contributed by atoms with Gasteiger partial charge in [0.15, 0.2) is 0 Å². The van der Waals surface area contributed by atoms with Crippen molar-refractivity contribution in [3.8, 4) is 0 Å². The molecule has 7 heavy (non-hydrogen) atoms. The van der Waals surface area contributed by atoms with Crippen LogP contribution < -0.4 is 0 Å². The van der Waals surface area contributed by atoms with Gasteiger partial charge in [-0.1, -0.05) is 0 Å². The van der Waals surface area contributed by atoms with Gasteiger partial charge in [-0.2, -0.15) is 0 Å². The normalized spacial score (nSPS) is 8.29. The van der Waals surface area contributed by atoms with E-state index in [1.54, 1.807) is 0 Å². The van der Waals surface area contributed by atoms with Crippen molar-refractivity contribution >= 4 is 10.4 Å². The van der Waals surface area contributed by atoms with Gasteiger partial charge in [0.1, 0.15) is 0 Å². The van der Waals surface area contributed by atoms with Crippen LogP contribution in [-0.4, -0.2) is 17.5 Å². The van der Waals surface area contributed by atoms with Crippen molar-refractivity contribution in [2.45, 2.75) is 0 Å². The van der Waals surface area contributed by atoms with Crippen LogP contribution in [0.3, 0.4) is 0 Å². The molecule has 0 fully saturated rings. The minimum Gasteiger partial charge on any atom is -0.759 e. The molecule has 0 bridgehead atoms. The molecular formula is CeO4SZr+3. The molecule has 0 heterocycles. The molecule has 0 aliphatic heterocycles. The van der Waals surface area contributed by atoms with Crippen molar-refractivity contribution < 1.29 is 85.5 Å². The summed E-state index contributed by atoms with van der Waals surface area (Å²) >= 11 is 0. The second kappa shape index (κ2) is 6.25. The fourth-order valence-corrected chi connectivity index (χ4v) is 0. The van der Waals surface area contributed by atoms with E-state index in [0.717, 1.165) is 0 Å². The Balaban J connectivity index is -0.0000000800. The van der Waals surface area contributed by atoms with Crippen molar-refractivity contribution in [3.63, 3.8) is 0 Å². The molecule has 35 valence electrons. The predicted molar refractivity (Wildman–Crippen MR) is 10.5 cm³/mol. The van der Waals surface area contributed by atoms with E-state index in [9.17, 15) is 0 Å². The van der Waals surface area contributed by atoms with Gasteiger partial charge in [-0.05, 0) is 0 Å². The third-order valence-corrected chi connectivity index (χ3v) is 0. The Labute approximate surface area is 94.1 Å². The molecule has 0 amide bonds. The van der Waals surface area contributed by atoms with Gasteiger partial charge < -0.3 is 9.11 Å². The van der Waals surface area contributed by atoms with Crippen LogP contribution in [0.1, 0.15) is 0 Å². The summed E-state index contributed by atoms with van der Waals surface area (Å²) in [5, 5.41) is 0. The molecular weight excluding hydrogens is 327 g/mol. The monoisotopic (exact) mass is 326 g/mol. The van der Waals surface area contributed by atoms with Gasteiger partial charge in [0.05, 0.1) is 0 Å². The van der Waals surface area contributed by atoms with Crippen molar-refractivity contribution in [2.75, 3.05) is 0 Å². The van der Waals surface area contributed by atoms with E-state index in [4.69, 9.17) is 17.5 Å². The Morgan fingerprint density at radius 1 is 1.14 bits per heavy atom. The molecule has 0 saturated carbocycles. The van der Waals surface area contributed by atoms with Gasteiger partial charge >= 0.3 is 68.0 Å². The molecule has 1 radical (unpaired) electrons. The number of hydrogen-bond acceptors (Lipinski definition) is 4. The van der Waals surface area contributed by atoms with E-state index < -0.39 is 10.4 Å². The van der Waals surface area contributed by atoms with E-state index in [1.165, 1.54) is 0 Å². The maximum absolute atomic E-state index is 8.52. The molecule has 7 heteroatoms. The minimum atomic E-state index is -5.17. The second-order valence-corrected chi connectivity index (χ2v) is 1.22. The Kier molecular flexibility index (Phi) is 14.3. The zero-order valence-electron chi connectivity index (χ0n) is 3.04. The van der Waals surface area contributed by atoms with Gasteiger partial charge in [-0.25, -0.2) is 0 Å². The third kappa shape index (κ3) is 67.3. The molecule has 0 unspecified atom stereocenters. The van der Waals surface area contributed by atoms with Gasteiger partial charge in [0, 0.05) is 10.4 Å². The summed E-state index contributed by atoms with van der Waals surface area (Å²) < 4.78 is 34.1. The Morgan fingerprint density at radius 2 is 1.14 bits per heavy atom. The maximum atomic E-state index is 8.52. The van der Waals surface area contributed by atoms with E-state index in [1.807, 2.05) is 0 Å². The first-order valence-corrected chi connectivity index (χ1v) is 2.00. The van der Waals surface area contributed by atoms with Crippen LogP contribution in [0.2, 0.25) is 0 Å². The quantitative estimate of drug-likeness (QED) is 0.407. The Hall–Kier alpha value is 2.13. The summed E-state index contributed by atoms with van der Waals surface area (Å²) in [6.07, 6.45) is 0. The Bertz CT molecular complexity index is 94.9. The molecule has 0 N–H and O–H groups in total. The molecule has 0 aliphatic carbocycles. The summed E-state index contributed by atoms with van der Waals surface area (Å²) in [6, 6.07) is 0. The van der Waals surface area contributed by atoms with Crippen LogP contribution in [0.5, 0.6) is 0 Å². The second-order valence-electron chi connectivity index (χ2n) is 0.408. The summed E-state index contributed by atoms with van der Waals surface area (Å²) in [7, 11) is -5.17. The number of rotatable bonds is 0. The van der Waals surface area contributed by atoms with Gasteiger partial charge in [-0.15, -0.1) is 0 Å². The topological polar surface area (TPSA) is 80.3 Å². The SMILES string of the molecule is O=S(=O)([O-])[O-].[Ce+3].[Zr+2]. The van der Waals surface area contributed by atoms with Crippen LogP contribution in [0.25, 0.3) is 0 Å². The van der Waals surface area contributed by atoms with Crippen molar-refractivity contribution in [1.82, 2.24) is 0 Å². The maximum Gasteiger partial charge on any atom is 3.00 e. The predicted octanol–water partition coefficient (Wildman–Crippen LogP) is -1.34. The molecule has 0 rings (SSSR count). The van der Waals surface area contributed by atoms with Gasteiger partial charge in [0.2, 0.25) is 0 Å². The first-order chi connectivity index (χ1) is 2.00. The van der Waals surface area contributed by atoms with Crippen molar-refractivity contribution in [2.24, 2.45) is 0 Å². The summed E-state index contributed by atoms with van der Waals surface area (Å²) in [6.45, 7) is 0. The summed E-state index contributed by atoms with van der Waals surface area (Å²) in [5.41, 5.74) is 0. The van der Waals surface area contributed by atoms with Crippen LogP contribution in [0.4, 0.5) is 0 Å². The van der Waals surface area contributed by atoms with Crippen LogP contribution in [0, 0.1) is 41.7 Å². The summed E-state index contributed by atoms with van der Waals surface area (Å²) in [5.74, 6) is 0. The number of hydrogen-bond donors (Lipinski definition) is 0. The van der Waals surface area contributed by atoms with E-state index in [2.05, 4.69) is 0 Å². The molecule has 0 saturated heterocycles. The average molecular weight is 327 g/mol. The van der Waals surface area contributed by atoms with Crippen molar-refractivity contribution in [1.29, 1.82) is 0 Å². The van der Waals surface area contributed by atoms with Gasteiger partial charge in [-0.3, -0.25) is 8.42 Å². The third-order valence-electron chi connectivity index (χ3n) is 0. The van der Waals surface area contributed by atoms with Crippen LogP contribution in [0.15, 0.2) is 0 Å². The fraction of sp³-hybridized carbons (Fsp3) is 0. The first kappa shape index (κ1) is 16.1. The molecule has 4 nitrogen and oxygen atoms in total. The molecule has 0 aromatic carbocycles. The molecule has 0 atom stereocenters. The standard InChI is InChI=1S/Ce.H2O4S.Zr/c;1-5(2,3)4;/h;(H2,1,2,3,4);/q+3;;+2/p-2.